The number of hydrogen-bond acceptors (Lipinski definition) is 4. The number of amides is 1. The summed E-state index contributed by atoms with van der Waals surface area (Å²) >= 11 is 7.57. The van der Waals surface area contributed by atoms with Crippen LogP contribution in [0.1, 0.15) is 20.8 Å². The van der Waals surface area contributed by atoms with Crippen LogP contribution in [0.25, 0.3) is 0 Å². The number of nitrogens with two attached hydrogens (primary N) is 1. The van der Waals surface area contributed by atoms with E-state index in [1.54, 1.807) is 29.4 Å². The van der Waals surface area contributed by atoms with Crippen LogP contribution in [0.2, 0.25) is 5.15 Å². The predicted octanol–water partition coefficient (Wildman–Crippen LogP) is 2.96. The van der Waals surface area contributed by atoms with Crippen molar-refractivity contribution in [3.05, 3.63) is 44.9 Å². The van der Waals surface area contributed by atoms with Gasteiger partial charge < -0.3 is 10.6 Å². The summed E-state index contributed by atoms with van der Waals surface area (Å²) in [6.45, 7) is 2.58. The van der Waals surface area contributed by atoms with Crippen molar-refractivity contribution in [2.45, 2.75) is 13.5 Å². The summed E-state index contributed by atoms with van der Waals surface area (Å²) < 4.78 is 0. The highest BCUT2D eigenvalue weighted by Gasteiger charge is 2.17. The van der Waals surface area contributed by atoms with Gasteiger partial charge in [0, 0.05) is 11.9 Å². The lowest BCUT2D eigenvalue weighted by Crippen LogP contribution is -2.26. The molecule has 0 fully saturated rings. The predicted molar refractivity (Wildman–Crippen MR) is 78.5 cm³/mol. The highest BCUT2D eigenvalue weighted by atomic mass is 35.5. The maximum Gasteiger partial charge on any atom is 0.257 e. The average Bonchev–Trinajstić information content (AvgIpc) is 2.77. The number of anilines is 1. The summed E-state index contributed by atoms with van der Waals surface area (Å²) in [6, 6.07) is 3.59. The summed E-state index contributed by atoms with van der Waals surface area (Å²) in [5.41, 5.74) is 7.57. The number of thiophene rings is 1. The SMILES string of the molecule is Cc1ccsc1CN(C)C(=O)c1cc(N)cnc1Cl. The van der Waals surface area contributed by atoms with Gasteiger partial charge in [-0.25, -0.2) is 4.98 Å². The lowest BCUT2D eigenvalue weighted by atomic mass is 10.2. The van der Waals surface area contributed by atoms with Gasteiger partial charge in [0.25, 0.3) is 5.91 Å². The Balaban J connectivity index is 2.19. The smallest absolute Gasteiger partial charge is 0.257 e. The first-order valence-electron chi connectivity index (χ1n) is 5.68. The van der Waals surface area contributed by atoms with E-state index in [0.717, 1.165) is 4.88 Å². The number of pyridine rings is 1. The fraction of sp³-hybridized carbons (Fsp3) is 0.231. The van der Waals surface area contributed by atoms with Gasteiger partial charge in [-0.1, -0.05) is 11.6 Å². The zero-order chi connectivity index (χ0) is 14.0. The van der Waals surface area contributed by atoms with Gasteiger partial charge in [-0.15, -0.1) is 11.3 Å². The fourth-order valence-electron chi connectivity index (χ4n) is 1.67. The third-order valence-corrected chi connectivity index (χ3v) is 4.10. The number of carbonyl (C=O) groups is 1. The molecule has 0 aliphatic heterocycles. The molecule has 2 N–H and O–H groups in total. The lowest BCUT2D eigenvalue weighted by molar-refractivity contribution is 0.0786. The van der Waals surface area contributed by atoms with E-state index in [1.807, 2.05) is 18.4 Å². The van der Waals surface area contributed by atoms with Gasteiger partial charge in [-0.3, -0.25) is 4.79 Å². The van der Waals surface area contributed by atoms with Gasteiger partial charge in [-0.2, -0.15) is 0 Å². The van der Waals surface area contributed by atoms with Gasteiger partial charge in [0.15, 0.2) is 0 Å². The molecule has 0 aliphatic rings. The van der Waals surface area contributed by atoms with Gasteiger partial charge in [0.1, 0.15) is 5.15 Å². The molecule has 0 unspecified atom stereocenters. The second-order valence-electron chi connectivity index (χ2n) is 4.30. The molecule has 6 heteroatoms. The monoisotopic (exact) mass is 295 g/mol. The van der Waals surface area contributed by atoms with Gasteiger partial charge in [0.2, 0.25) is 0 Å². The number of aromatic nitrogens is 1. The van der Waals surface area contributed by atoms with Crippen molar-refractivity contribution in [2.75, 3.05) is 12.8 Å². The van der Waals surface area contributed by atoms with Crippen LogP contribution in [0.3, 0.4) is 0 Å². The van der Waals surface area contributed by atoms with Crippen molar-refractivity contribution in [3.8, 4) is 0 Å². The highest BCUT2D eigenvalue weighted by Crippen LogP contribution is 2.21. The van der Waals surface area contributed by atoms with Crippen molar-refractivity contribution >= 4 is 34.5 Å². The van der Waals surface area contributed by atoms with Crippen LogP contribution in [-0.4, -0.2) is 22.8 Å². The molecule has 0 atom stereocenters. The molecule has 19 heavy (non-hydrogen) atoms. The third kappa shape index (κ3) is 3.05. The second-order valence-corrected chi connectivity index (χ2v) is 5.65. The molecule has 100 valence electrons. The standard InChI is InChI=1S/C13H14ClN3OS/c1-8-3-4-19-11(8)7-17(2)13(18)10-5-9(15)6-16-12(10)14/h3-6H,7,15H2,1-2H3. The minimum atomic E-state index is -0.183. The minimum Gasteiger partial charge on any atom is -0.397 e. The quantitative estimate of drug-likeness (QED) is 0.886. The van der Waals surface area contributed by atoms with Crippen LogP contribution < -0.4 is 5.73 Å². The first kappa shape index (κ1) is 13.8. The van der Waals surface area contributed by atoms with E-state index in [1.165, 1.54) is 11.8 Å². The summed E-state index contributed by atoms with van der Waals surface area (Å²) in [4.78, 5) is 19.0. The van der Waals surface area contributed by atoms with Gasteiger partial charge in [0.05, 0.1) is 24.0 Å². The van der Waals surface area contributed by atoms with Crippen LogP contribution in [0.4, 0.5) is 5.69 Å². The molecule has 0 aliphatic carbocycles. The Morgan fingerprint density at radius 3 is 2.95 bits per heavy atom. The van der Waals surface area contributed by atoms with E-state index in [-0.39, 0.29) is 11.1 Å². The number of carbonyl (C=O) groups excluding carboxylic acids is 1. The molecule has 0 spiro atoms. The number of rotatable bonds is 3. The van der Waals surface area contributed by atoms with Crippen molar-refractivity contribution in [3.63, 3.8) is 0 Å². The Bertz CT molecular complexity index is 612. The Kier molecular flexibility index (Phi) is 4.07. The van der Waals surface area contributed by atoms with E-state index in [2.05, 4.69) is 4.98 Å². The van der Waals surface area contributed by atoms with Crippen LogP contribution in [0.15, 0.2) is 23.7 Å². The highest BCUT2D eigenvalue weighted by molar-refractivity contribution is 7.10. The molecule has 0 saturated carbocycles. The van der Waals surface area contributed by atoms with E-state index in [0.29, 0.717) is 17.8 Å². The lowest BCUT2D eigenvalue weighted by Gasteiger charge is -2.17. The van der Waals surface area contributed by atoms with Crippen molar-refractivity contribution < 1.29 is 4.79 Å². The molecule has 0 saturated heterocycles. The Morgan fingerprint density at radius 1 is 1.58 bits per heavy atom. The summed E-state index contributed by atoms with van der Waals surface area (Å²) in [5, 5.41) is 2.19. The van der Waals surface area contributed by atoms with E-state index < -0.39 is 0 Å². The number of aryl methyl sites for hydroxylation is 1. The molecule has 2 rings (SSSR count). The zero-order valence-electron chi connectivity index (χ0n) is 10.7. The summed E-state index contributed by atoms with van der Waals surface area (Å²) in [5.74, 6) is -0.183. The first-order valence-corrected chi connectivity index (χ1v) is 6.94. The van der Waals surface area contributed by atoms with E-state index in [9.17, 15) is 4.79 Å². The largest absolute Gasteiger partial charge is 0.397 e. The fourth-order valence-corrected chi connectivity index (χ4v) is 2.82. The Labute approximate surface area is 120 Å². The molecule has 2 aromatic heterocycles. The average molecular weight is 296 g/mol. The molecule has 2 aromatic rings. The number of hydrogen-bond donors (Lipinski definition) is 1. The van der Waals surface area contributed by atoms with Crippen LogP contribution in [0.5, 0.6) is 0 Å². The molecule has 2 heterocycles. The van der Waals surface area contributed by atoms with E-state index >= 15 is 0 Å². The molecule has 1 amide bonds. The Hall–Kier alpha value is -1.59. The van der Waals surface area contributed by atoms with Crippen molar-refractivity contribution in [2.24, 2.45) is 0 Å². The van der Waals surface area contributed by atoms with Crippen molar-refractivity contribution in [1.82, 2.24) is 9.88 Å². The normalized spacial score (nSPS) is 10.5. The molecule has 4 nitrogen and oxygen atoms in total. The van der Waals surface area contributed by atoms with Crippen LogP contribution in [-0.2, 0) is 6.54 Å². The summed E-state index contributed by atoms with van der Waals surface area (Å²) in [6.07, 6.45) is 1.43. The van der Waals surface area contributed by atoms with E-state index in [4.69, 9.17) is 17.3 Å². The first-order chi connectivity index (χ1) is 8.99. The molecule has 0 radical (unpaired) electrons. The molecular formula is C13H14ClN3OS. The maximum absolute atomic E-state index is 12.3. The van der Waals surface area contributed by atoms with Crippen LogP contribution >= 0.6 is 22.9 Å². The molecular weight excluding hydrogens is 282 g/mol. The third-order valence-electron chi connectivity index (χ3n) is 2.79. The maximum atomic E-state index is 12.3. The summed E-state index contributed by atoms with van der Waals surface area (Å²) in [7, 11) is 1.74. The topological polar surface area (TPSA) is 59.2 Å². The number of nitrogen functional groups attached to an aromatic ring is 1. The minimum absolute atomic E-state index is 0.175. The number of halogens is 1. The second kappa shape index (κ2) is 5.59. The van der Waals surface area contributed by atoms with Gasteiger partial charge in [-0.05, 0) is 30.0 Å². The van der Waals surface area contributed by atoms with Gasteiger partial charge >= 0.3 is 0 Å². The van der Waals surface area contributed by atoms with Crippen LogP contribution in [0, 0.1) is 6.92 Å². The Morgan fingerprint density at radius 2 is 2.32 bits per heavy atom. The number of nitrogens with zero attached hydrogens (tertiary/aromatic N) is 2. The van der Waals surface area contributed by atoms with Crippen molar-refractivity contribution in [1.29, 1.82) is 0 Å². The molecule has 0 bridgehead atoms. The molecule has 0 aromatic carbocycles. The zero-order valence-corrected chi connectivity index (χ0v) is 12.3.